The summed E-state index contributed by atoms with van der Waals surface area (Å²) < 4.78 is 0. The van der Waals surface area contributed by atoms with Crippen molar-refractivity contribution in [3.05, 3.63) is 107 Å². The molecule has 3 rings (SSSR count). The average molecular weight is 463 g/mol. The molecule has 0 aromatic heterocycles. The average Bonchev–Trinajstić information content (AvgIpc) is 2.78. The first-order chi connectivity index (χ1) is 15.7. The SMILES string of the molecule is CC(C)(C)NC(=O)[C@H](Cc1ccccc1)N(Cc1ccccc1)C(=O)Cc1ccccc1Cl. The highest BCUT2D eigenvalue weighted by atomic mass is 35.5. The van der Waals surface area contributed by atoms with Crippen LogP contribution in [0, 0.1) is 0 Å². The smallest absolute Gasteiger partial charge is 0.243 e. The lowest BCUT2D eigenvalue weighted by Gasteiger charge is -2.34. The second kappa shape index (κ2) is 11.2. The van der Waals surface area contributed by atoms with E-state index in [4.69, 9.17) is 11.6 Å². The summed E-state index contributed by atoms with van der Waals surface area (Å²) in [6.07, 6.45) is 0.546. The van der Waals surface area contributed by atoms with Crippen LogP contribution < -0.4 is 5.32 Å². The van der Waals surface area contributed by atoms with Crippen LogP contribution in [0.1, 0.15) is 37.5 Å². The number of halogens is 1. The lowest BCUT2D eigenvalue weighted by atomic mass is 10.00. The summed E-state index contributed by atoms with van der Waals surface area (Å²) in [7, 11) is 0. The Bertz CT molecular complexity index is 1060. The van der Waals surface area contributed by atoms with E-state index in [9.17, 15) is 9.59 Å². The number of carbonyl (C=O) groups excluding carboxylic acids is 2. The Balaban J connectivity index is 1.98. The minimum Gasteiger partial charge on any atom is -0.350 e. The van der Waals surface area contributed by atoms with Gasteiger partial charge in [0, 0.05) is 23.5 Å². The number of nitrogens with zero attached hydrogens (tertiary/aromatic N) is 1. The molecule has 0 unspecified atom stereocenters. The number of hydrogen-bond donors (Lipinski definition) is 1. The topological polar surface area (TPSA) is 49.4 Å². The van der Waals surface area contributed by atoms with Crippen LogP contribution in [0.4, 0.5) is 0 Å². The van der Waals surface area contributed by atoms with Gasteiger partial charge in [0.25, 0.3) is 0 Å². The molecule has 3 aromatic carbocycles. The van der Waals surface area contributed by atoms with Crippen LogP contribution in [-0.2, 0) is 29.0 Å². The number of amides is 2. The van der Waals surface area contributed by atoms with E-state index in [0.717, 1.165) is 16.7 Å². The third-order valence-electron chi connectivity index (χ3n) is 5.26. The minimum atomic E-state index is -0.665. The van der Waals surface area contributed by atoms with Gasteiger partial charge in [0.1, 0.15) is 6.04 Å². The van der Waals surface area contributed by atoms with Gasteiger partial charge in [0.2, 0.25) is 11.8 Å². The van der Waals surface area contributed by atoms with Crippen molar-refractivity contribution in [2.24, 2.45) is 0 Å². The van der Waals surface area contributed by atoms with Gasteiger partial charge in [-0.15, -0.1) is 0 Å². The molecule has 0 aliphatic heterocycles. The number of rotatable bonds is 8. The molecule has 2 amide bonds. The maximum atomic E-state index is 13.7. The van der Waals surface area contributed by atoms with Crippen LogP contribution in [0.5, 0.6) is 0 Å². The molecule has 5 heteroatoms. The maximum Gasteiger partial charge on any atom is 0.243 e. The van der Waals surface area contributed by atoms with Crippen LogP contribution >= 0.6 is 11.6 Å². The molecule has 0 spiro atoms. The summed E-state index contributed by atoms with van der Waals surface area (Å²) in [5.74, 6) is -0.313. The first-order valence-corrected chi connectivity index (χ1v) is 11.5. The van der Waals surface area contributed by atoms with Crippen LogP contribution in [0.15, 0.2) is 84.9 Å². The standard InChI is InChI=1S/C28H31ClN2O2/c1-28(2,3)30-27(33)25(18-21-12-6-4-7-13-21)31(20-22-14-8-5-9-15-22)26(32)19-23-16-10-11-17-24(23)29/h4-17,25H,18-20H2,1-3H3,(H,30,33)/t25-/m0/s1. The molecular weight excluding hydrogens is 432 g/mol. The van der Waals surface area contributed by atoms with Gasteiger partial charge in [-0.2, -0.15) is 0 Å². The minimum absolute atomic E-state index is 0.126. The second-order valence-electron chi connectivity index (χ2n) is 9.22. The Kier molecular flexibility index (Phi) is 8.29. The van der Waals surface area contributed by atoms with E-state index in [1.807, 2.05) is 99.6 Å². The van der Waals surface area contributed by atoms with Crippen molar-refractivity contribution in [3.63, 3.8) is 0 Å². The van der Waals surface area contributed by atoms with Crippen LogP contribution in [0.25, 0.3) is 0 Å². The summed E-state index contributed by atoms with van der Waals surface area (Å²) in [5.41, 5.74) is 2.29. The van der Waals surface area contributed by atoms with Gasteiger partial charge in [-0.25, -0.2) is 0 Å². The molecule has 0 saturated heterocycles. The number of benzene rings is 3. The van der Waals surface area contributed by atoms with Crippen molar-refractivity contribution in [3.8, 4) is 0 Å². The number of hydrogen-bond acceptors (Lipinski definition) is 2. The van der Waals surface area contributed by atoms with E-state index in [2.05, 4.69) is 5.32 Å². The molecule has 0 fully saturated rings. The zero-order valence-corrected chi connectivity index (χ0v) is 20.2. The van der Waals surface area contributed by atoms with Crippen LogP contribution in [0.3, 0.4) is 0 Å². The fourth-order valence-electron chi connectivity index (χ4n) is 3.69. The zero-order valence-electron chi connectivity index (χ0n) is 19.4. The molecule has 0 aliphatic carbocycles. The van der Waals surface area contributed by atoms with E-state index in [1.54, 1.807) is 11.0 Å². The van der Waals surface area contributed by atoms with Gasteiger partial charge in [-0.3, -0.25) is 9.59 Å². The summed E-state index contributed by atoms with van der Waals surface area (Å²) in [5, 5.41) is 3.62. The predicted molar refractivity (Wildman–Crippen MR) is 134 cm³/mol. The Labute approximate surface area is 201 Å². The predicted octanol–water partition coefficient (Wildman–Crippen LogP) is 5.44. The Morgan fingerprint density at radius 2 is 1.39 bits per heavy atom. The largest absolute Gasteiger partial charge is 0.350 e. The van der Waals surface area contributed by atoms with Crippen molar-refractivity contribution >= 4 is 23.4 Å². The summed E-state index contributed by atoms with van der Waals surface area (Å²) in [4.78, 5) is 28.8. The van der Waals surface area contributed by atoms with Crippen molar-refractivity contribution in [2.75, 3.05) is 0 Å². The molecule has 172 valence electrons. The lowest BCUT2D eigenvalue weighted by Crippen LogP contribution is -2.54. The first kappa shape index (κ1) is 24.5. The number of nitrogens with one attached hydrogen (secondary N) is 1. The van der Waals surface area contributed by atoms with Gasteiger partial charge in [0.15, 0.2) is 0 Å². The molecule has 1 N–H and O–H groups in total. The van der Waals surface area contributed by atoms with Crippen molar-refractivity contribution in [1.82, 2.24) is 10.2 Å². The number of carbonyl (C=O) groups is 2. The normalized spacial score (nSPS) is 12.1. The Morgan fingerprint density at radius 3 is 1.97 bits per heavy atom. The molecule has 0 bridgehead atoms. The highest BCUT2D eigenvalue weighted by Crippen LogP contribution is 2.20. The molecule has 4 nitrogen and oxygen atoms in total. The fourth-order valence-corrected chi connectivity index (χ4v) is 3.90. The van der Waals surface area contributed by atoms with Gasteiger partial charge in [-0.05, 0) is 43.5 Å². The van der Waals surface area contributed by atoms with E-state index in [0.29, 0.717) is 18.0 Å². The van der Waals surface area contributed by atoms with E-state index in [-0.39, 0.29) is 18.2 Å². The fraction of sp³-hybridized carbons (Fsp3) is 0.286. The highest BCUT2D eigenvalue weighted by molar-refractivity contribution is 6.31. The van der Waals surface area contributed by atoms with E-state index >= 15 is 0 Å². The van der Waals surface area contributed by atoms with E-state index in [1.165, 1.54) is 0 Å². The molecule has 1 atom stereocenters. The highest BCUT2D eigenvalue weighted by Gasteiger charge is 2.32. The summed E-state index contributed by atoms with van der Waals surface area (Å²) in [6.45, 7) is 6.16. The van der Waals surface area contributed by atoms with Crippen molar-refractivity contribution in [1.29, 1.82) is 0 Å². The third kappa shape index (κ3) is 7.47. The zero-order chi connectivity index (χ0) is 23.8. The Hall–Kier alpha value is -3.11. The molecule has 0 heterocycles. The molecule has 0 aliphatic rings. The molecular formula is C28H31ClN2O2. The van der Waals surface area contributed by atoms with Gasteiger partial charge in [0.05, 0.1) is 6.42 Å². The maximum absolute atomic E-state index is 13.7. The van der Waals surface area contributed by atoms with Gasteiger partial charge >= 0.3 is 0 Å². The first-order valence-electron chi connectivity index (χ1n) is 11.2. The van der Waals surface area contributed by atoms with Gasteiger partial charge < -0.3 is 10.2 Å². The third-order valence-corrected chi connectivity index (χ3v) is 5.63. The summed E-state index contributed by atoms with van der Waals surface area (Å²) >= 11 is 6.34. The van der Waals surface area contributed by atoms with Crippen LogP contribution in [-0.4, -0.2) is 28.3 Å². The lowest BCUT2D eigenvalue weighted by molar-refractivity contribution is -0.141. The van der Waals surface area contributed by atoms with Crippen molar-refractivity contribution in [2.45, 2.75) is 51.7 Å². The second-order valence-corrected chi connectivity index (χ2v) is 9.63. The monoisotopic (exact) mass is 462 g/mol. The summed E-state index contributed by atoms with van der Waals surface area (Å²) in [6, 6.07) is 26.2. The van der Waals surface area contributed by atoms with E-state index < -0.39 is 11.6 Å². The quantitative estimate of drug-likeness (QED) is 0.484. The molecule has 3 aromatic rings. The molecule has 0 saturated carbocycles. The Morgan fingerprint density at radius 1 is 0.848 bits per heavy atom. The molecule has 33 heavy (non-hydrogen) atoms. The van der Waals surface area contributed by atoms with Crippen LogP contribution in [0.2, 0.25) is 5.02 Å². The van der Waals surface area contributed by atoms with Gasteiger partial charge in [-0.1, -0.05) is 90.5 Å². The molecule has 0 radical (unpaired) electrons. The van der Waals surface area contributed by atoms with Crippen molar-refractivity contribution < 1.29 is 9.59 Å².